The molecule has 6 heteroatoms. The summed E-state index contributed by atoms with van der Waals surface area (Å²) in [6.07, 6.45) is 7.53. The fourth-order valence-electron chi connectivity index (χ4n) is 2.72. The molecule has 126 valence electrons. The molecule has 1 unspecified atom stereocenters. The predicted molar refractivity (Wildman–Crippen MR) is 107 cm³/mol. The van der Waals surface area contributed by atoms with Crippen molar-refractivity contribution in [3.05, 3.63) is 0 Å². The number of piperidine rings is 1. The standard InChI is InChI=1S/C15H32N4S.HI/c1-4-14-8-6-7-11-19(14)12-9-17-15(16-5-2)18-10-13-20-3;/h14H,4-13H2,1-3H3,(H2,16,17,18);1H. The first kappa shape index (κ1) is 21.3. The van der Waals surface area contributed by atoms with Crippen LogP contribution in [-0.2, 0) is 0 Å². The average Bonchev–Trinajstić information content (AvgIpc) is 2.48. The molecule has 0 aromatic carbocycles. The molecule has 1 atom stereocenters. The molecule has 0 aromatic heterocycles. The van der Waals surface area contributed by atoms with Crippen LogP contribution in [0.3, 0.4) is 0 Å². The van der Waals surface area contributed by atoms with Crippen LogP contribution in [0.4, 0.5) is 0 Å². The lowest BCUT2D eigenvalue weighted by molar-refractivity contribution is 0.148. The number of hydrogen-bond acceptors (Lipinski definition) is 3. The Morgan fingerprint density at radius 3 is 2.76 bits per heavy atom. The van der Waals surface area contributed by atoms with E-state index in [9.17, 15) is 0 Å². The second-order valence-corrected chi connectivity index (χ2v) is 6.26. The number of rotatable bonds is 8. The summed E-state index contributed by atoms with van der Waals surface area (Å²) in [6.45, 7) is 9.57. The van der Waals surface area contributed by atoms with Crippen molar-refractivity contribution in [1.82, 2.24) is 15.5 Å². The molecule has 1 aliphatic rings. The van der Waals surface area contributed by atoms with Crippen LogP contribution < -0.4 is 10.6 Å². The number of nitrogens with one attached hydrogen (secondary N) is 2. The number of nitrogens with zero attached hydrogens (tertiary/aromatic N) is 2. The van der Waals surface area contributed by atoms with Gasteiger partial charge in [0.2, 0.25) is 0 Å². The van der Waals surface area contributed by atoms with Crippen LogP contribution in [-0.4, -0.2) is 61.6 Å². The van der Waals surface area contributed by atoms with Crippen molar-refractivity contribution in [1.29, 1.82) is 0 Å². The summed E-state index contributed by atoms with van der Waals surface area (Å²) in [5.74, 6) is 2.08. The Morgan fingerprint density at radius 1 is 1.29 bits per heavy atom. The van der Waals surface area contributed by atoms with Gasteiger partial charge in [-0.1, -0.05) is 13.3 Å². The highest BCUT2D eigenvalue weighted by Crippen LogP contribution is 2.18. The number of halogens is 1. The lowest BCUT2D eigenvalue weighted by atomic mass is 10.0. The molecule has 1 aliphatic heterocycles. The van der Waals surface area contributed by atoms with E-state index in [2.05, 4.69) is 35.6 Å². The maximum absolute atomic E-state index is 4.69. The second-order valence-electron chi connectivity index (χ2n) is 5.27. The number of aliphatic imine (C=N–C) groups is 1. The smallest absolute Gasteiger partial charge is 0.191 e. The molecule has 1 rings (SSSR count). The van der Waals surface area contributed by atoms with Gasteiger partial charge in [0.1, 0.15) is 0 Å². The van der Waals surface area contributed by atoms with Crippen molar-refractivity contribution in [2.75, 3.05) is 44.7 Å². The van der Waals surface area contributed by atoms with Gasteiger partial charge >= 0.3 is 0 Å². The first-order valence-corrected chi connectivity index (χ1v) is 9.46. The summed E-state index contributed by atoms with van der Waals surface area (Å²) in [5, 5.41) is 6.70. The predicted octanol–water partition coefficient (Wildman–Crippen LogP) is 2.79. The van der Waals surface area contributed by atoms with Crippen molar-refractivity contribution >= 4 is 41.7 Å². The van der Waals surface area contributed by atoms with Gasteiger partial charge in [-0.2, -0.15) is 11.8 Å². The van der Waals surface area contributed by atoms with Crippen LogP contribution in [0, 0.1) is 0 Å². The van der Waals surface area contributed by atoms with Gasteiger partial charge in [0.25, 0.3) is 0 Å². The Bertz CT molecular complexity index is 276. The molecular formula is C15H33IN4S. The zero-order valence-corrected chi connectivity index (χ0v) is 17.0. The maximum atomic E-state index is 4.69. The molecule has 2 N–H and O–H groups in total. The zero-order chi connectivity index (χ0) is 14.6. The topological polar surface area (TPSA) is 39.7 Å². The van der Waals surface area contributed by atoms with Crippen molar-refractivity contribution in [2.24, 2.45) is 4.99 Å². The van der Waals surface area contributed by atoms with Crippen molar-refractivity contribution in [3.63, 3.8) is 0 Å². The van der Waals surface area contributed by atoms with Crippen LogP contribution in [0.5, 0.6) is 0 Å². The Morgan fingerprint density at radius 2 is 2.10 bits per heavy atom. The van der Waals surface area contributed by atoms with Gasteiger partial charge in [-0.25, -0.2) is 0 Å². The van der Waals surface area contributed by atoms with Crippen molar-refractivity contribution in [2.45, 2.75) is 45.6 Å². The Kier molecular flexibility index (Phi) is 14.1. The summed E-state index contributed by atoms with van der Waals surface area (Å²) in [6, 6.07) is 0.783. The van der Waals surface area contributed by atoms with E-state index in [0.717, 1.165) is 43.9 Å². The second kappa shape index (κ2) is 13.9. The van der Waals surface area contributed by atoms with E-state index in [1.807, 2.05) is 11.8 Å². The first-order chi connectivity index (χ1) is 9.81. The fourth-order valence-corrected chi connectivity index (χ4v) is 3.03. The van der Waals surface area contributed by atoms with Crippen molar-refractivity contribution in [3.8, 4) is 0 Å². The van der Waals surface area contributed by atoms with E-state index in [4.69, 9.17) is 4.99 Å². The van der Waals surface area contributed by atoms with Gasteiger partial charge in [-0.3, -0.25) is 9.89 Å². The molecule has 1 heterocycles. The molecular weight excluding hydrogens is 395 g/mol. The Hall–Kier alpha value is 0.310. The Balaban J connectivity index is 0.00000400. The van der Waals surface area contributed by atoms with Crippen LogP contribution in [0.15, 0.2) is 4.99 Å². The average molecular weight is 428 g/mol. The molecule has 0 saturated carbocycles. The van der Waals surface area contributed by atoms with E-state index in [1.165, 1.54) is 32.2 Å². The molecule has 0 radical (unpaired) electrons. The van der Waals surface area contributed by atoms with E-state index in [1.54, 1.807) is 0 Å². The molecule has 4 nitrogen and oxygen atoms in total. The highest BCUT2D eigenvalue weighted by molar-refractivity contribution is 14.0. The largest absolute Gasteiger partial charge is 0.357 e. The van der Waals surface area contributed by atoms with Crippen LogP contribution in [0.1, 0.15) is 39.5 Å². The van der Waals surface area contributed by atoms with E-state index in [-0.39, 0.29) is 24.0 Å². The molecule has 1 fully saturated rings. The third-order valence-corrected chi connectivity index (χ3v) is 4.43. The van der Waals surface area contributed by atoms with Gasteiger partial charge in [-0.05, 0) is 39.0 Å². The van der Waals surface area contributed by atoms with Gasteiger partial charge in [0.15, 0.2) is 5.96 Å². The molecule has 0 bridgehead atoms. The number of thioether (sulfide) groups is 1. The molecule has 0 aromatic rings. The SMILES string of the molecule is CCNC(=NCCN1CCCCC1CC)NCCSC.I. The van der Waals surface area contributed by atoms with Crippen LogP contribution >= 0.6 is 35.7 Å². The van der Waals surface area contributed by atoms with E-state index >= 15 is 0 Å². The third kappa shape index (κ3) is 9.13. The summed E-state index contributed by atoms with van der Waals surface area (Å²) >= 11 is 1.86. The zero-order valence-electron chi connectivity index (χ0n) is 13.9. The lowest BCUT2D eigenvalue weighted by Crippen LogP contribution is -2.42. The number of guanidine groups is 1. The van der Waals surface area contributed by atoms with Crippen LogP contribution in [0.2, 0.25) is 0 Å². The van der Waals surface area contributed by atoms with E-state index in [0.29, 0.717) is 0 Å². The lowest BCUT2D eigenvalue weighted by Gasteiger charge is -2.34. The highest BCUT2D eigenvalue weighted by atomic mass is 127. The normalized spacial score (nSPS) is 20.0. The summed E-state index contributed by atoms with van der Waals surface area (Å²) in [4.78, 5) is 7.32. The van der Waals surface area contributed by atoms with Gasteiger partial charge in [0.05, 0.1) is 6.54 Å². The monoisotopic (exact) mass is 428 g/mol. The minimum atomic E-state index is 0. The van der Waals surface area contributed by atoms with Gasteiger partial charge in [0, 0.05) is 31.4 Å². The number of likely N-dealkylation sites (tertiary alicyclic amines) is 1. The van der Waals surface area contributed by atoms with Crippen LogP contribution in [0.25, 0.3) is 0 Å². The fraction of sp³-hybridized carbons (Fsp3) is 0.933. The van der Waals surface area contributed by atoms with Gasteiger partial charge in [-0.15, -0.1) is 24.0 Å². The molecule has 0 amide bonds. The summed E-state index contributed by atoms with van der Waals surface area (Å²) in [7, 11) is 0. The summed E-state index contributed by atoms with van der Waals surface area (Å²) in [5.41, 5.74) is 0. The van der Waals surface area contributed by atoms with Crippen molar-refractivity contribution < 1.29 is 0 Å². The highest BCUT2D eigenvalue weighted by Gasteiger charge is 2.19. The van der Waals surface area contributed by atoms with Gasteiger partial charge < -0.3 is 10.6 Å². The first-order valence-electron chi connectivity index (χ1n) is 8.07. The molecule has 0 spiro atoms. The minimum absolute atomic E-state index is 0. The molecule has 0 aliphatic carbocycles. The Labute approximate surface area is 152 Å². The molecule has 1 saturated heterocycles. The maximum Gasteiger partial charge on any atom is 0.191 e. The third-order valence-electron chi connectivity index (χ3n) is 3.82. The van der Waals surface area contributed by atoms with E-state index < -0.39 is 0 Å². The quantitative estimate of drug-likeness (QED) is 0.270. The summed E-state index contributed by atoms with van der Waals surface area (Å²) < 4.78 is 0. The number of hydrogen-bond donors (Lipinski definition) is 2. The minimum Gasteiger partial charge on any atom is -0.357 e. The molecule has 21 heavy (non-hydrogen) atoms.